The first-order chi connectivity index (χ1) is 17.0. The van der Waals surface area contributed by atoms with Crippen LogP contribution < -0.4 is 5.32 Å². The van der Waals surface area contributed by atoms with Gasteiger partial charge in [0.1, 0.15) is 5.01 Å². The first kappa shape index (κ1) is 22.9. The lowest BCUT2D eigenvalue weighted by Crippen LogP contribution is -2.30. The Balaban J connectivity index is 1.28. The third kappa shape index (κ3) is 4.99. The number of carbonyl (C=O) groups excluding carboxylic acids is 2. The number of amides is 1. The molecule has 8 heteroatoms. The highest BCUT2D eigenvalue weighted by molar-refractivity contribution is 7.21. The van der Waals surface area contributed by atoms with Crippen molar-refractivity contribution < 1.29 is 14.3 Å². The molecule has 0 saturated heterocycles. The lowest BCUT2D eigenvalue weighted by Gasteiger charge is -2.13. The molecule has 0 aliphatic rings. The summed E-state index contributed by atoms with van der Waals surface area (Å²) in [4.78, 5) is 34.8. The van der Waals surface area contributed by atoms with Crippen LogP contribution in [0.4, 0.5) is 5.13 Å². The van der Waals surface area contributed by atoms with Gasteiger partial charge in [0.05, 0.1) is 21.5 Å². The number of nitrogens with one attached hydrogen (secondary N) is 1. The number of aryl methyl sites for hydroxylation is 1. The fraction of sp³-hybridized carbons (Fsp3) is 0.111. The Morgan fingerprint density at radius 2 is 1.69 bits per heavy atom. The van der Waals surface area contributed by atoms with Gasteiger partial charge in [-0.25, -0.2) is 14.8 Å². The van der Waals surface area contributed by atoms with Crippen molar-refractivity contribution in [2.45, 2.75) is 20.0 Å². The molecule has 6 nitrogen and oxygen atoms in total. The van der Waals surface area contributed by atoms with Crippen LogP contribution in [0, 0.1) is 6.92 Å². The Labute approximate surface area is 210 Å². The molecule has 2 aromatic heterocycles. The van der Waals surface area contributed by atoms with Gasteiger partial charge in [-0.3, -0.25) is 10.1 Å². The first-order valence-corrected chi connectivity index (χ1v) is 12.7. The molecule has 0 aliphatic heterocycles. The maximum atomic E-state index is 13.0. The smallest absolute Gasteiger partial charge is 0.339 e. The number of thiazole rings is 2. The van der Waals surface area contributed by atoms with Crippen LogP contribution >= 0.6 is 22.7 Å². The zero-order chi connectivity index (χ0) is 24.4. The van der Waals surface area contributed by atoms with Crippen LogP contribution in [0.25, 0.3) is 32.0 Å². The number of benzene rings is 3. The molecule has 0 spiro atoms. The highest BCUT2D eigenvalue weighted by Crippen LogP contribution is 2.32. The van der Waals surface area contributed by atoms with E-state index < -0.39 is 18.0 Å². The van der Waals surface area contributed by atoms with Crippen LogP contribution in [-0.4, -0.2) is 27.9 Å². The van der Waals surface area contributed by atoms with Gasteiger partial charge in [-0.1, -0.05) is 60.2 Å². The van der Waals surface area contributed by atoms with Crippen molar-refractivity contribution in [1.29, 1.82) is 0 Å². The van der Waals surface area contributed by atoms with Crippen LogP contribution in [0.1, 0.15) is 22.8 Å². The van der Waals surface area contributed by atoms with Gasteiger partial charge in [0.15, 0.2) is 11.2 Å². The molecule has 1 amide bonds. The molecule has 0 bridgehead atoms. The van der Waals surface area contributed by atoms with E-state index in [1.165, 1.54) is 22.7 Å². The van der Waals surface area contributed by atoms with Crippen molar-refractivity contribution in [2.75, 3.05) is 5.32 Å². The third-order valence-electron chi connectivity index (χ3n) is 5.41. The average Bonchev–Trinajstić information content (AvgIpc) is 3.51. The molecule has 0 radical (unpaired) electrons. The average molecular weight is 500 g/mol. The molecule has 174 valence electrons. The van der Waals surface area contributed by atoms with Crippen LogP contribution in [0.5, 0.6) is 0 Å². The van der Waals surface area contributed by atoms with Gasteiger partial charge in [0.25, 0.3) is 5.91 Å². The Bertz CT molecular complexity index is 1490. The molecule has 3 aromatic carbocycles. The van der Waals surface area contributed by atoms with Crippen LogP contribution in [0.2, 0.25) is 0 Å². The van der Waals surface area contributed by atoms with Crippen molar-refractivity contribution in [3.05, 3.63) is 89.3 Å². The van der Waals surface area contributed by atoms with Gasteiger partial charge >= 0.3 is 5.97 Å². The minimum atomic E-state index is -1.00. The Morgan fingerprint density at radius 1 is 0.943 bits per heavy atom. The number of fused-ring (bicyclic) bond motifs is 1. The number of ether oxygens (including phenoxy) is 1. The number of hydrogen-bond donors (Lipinski definition) is 1. The normalized spacial score (nSPS) is 11.8. The van der Waals surface area contributed by atoms with E-state index in [0.717, 1.165) is 32.0 Å². The largest absolute Gasteiger partial charge is 0.449 e. The lowest BCUT2D eigenvalue weighted by atomic mass is 10.1. The third-order valence-corrected chi connectivity index (χ3v) is 7.23. The lowest BCUT2D eigenvalue weighted by molar-refractivity contribution is -0.123. The predicted octanol–water partition coefficient (Wildman–Crippen LogP) is 6.58. The summed E-state index contributed by atoms with van der Waals surface area (Å²) in [5, 5.41) is 5.80. The second-order valence-electron chi connectivity index (χ2n) is 7.97. The molecule has 5 aromatic rings. The van der Waals surface area contributed by atoms with Gasteiger partial charge in [0, 0.05) is 16.5 Å². The van der Waals surface area contributed by atoms with E-state index in [-0.39, 0.29) is 0 Å². The number of anilines is 1. The molecule has 1 unspecified atom stereocenters. The van der Waals surface area contributed by atoms with Gasteiger partial charge in [-0.05, 0) is 32.0 Å². The molecule has 2 heterocycles. The quantitative estimate of drug-likeness (QED) is 0.267. The van der Waals surface area contributed by atoms with Gasteiger partial charge < -0.3 is 4.74 Å². The monoisotopic (exact) mass is 499 g/mol. The predicted molar refractivity (Wildman–Crippen MR) is 141 cm³/mol. The molecule has 5 rings (SSSR count). The van der Waals surface area contributed by atoms with E-state index in [1.54, 1.807) is 19.1 Å². The van der Waals surface area contributed by atoms with Crippen molar-refractivity contribution in [3.63, 3.8) is 0 Å². The van der Waals surface area contributed by atoms with Crippen molar-refractivity contribution >= 4 is 49.9 Å². The Hall–Kier alpha value is -3.88. The van der Waals surface area contributed by atoms with E-state index in [4.69, 9.17) is 4.74 Å². The number of rotatable bonds is 6. The maximum absolute atomic E-state index is 13.0. The second kappa shape index (κ2) is 9.77. The molecular weight excluding hydrogens is 478 g/mol. The summed E-state index contributed by atoms with van der Waals surface area (Å²) in [6.45, 7) is 3.57. The number of carbonyl (C=O) groups is 2. The summed E-state index contributed by atoms with van der Waals surface area (Å²) in [5.74, 6) is -1.03. The van der Waals surface area contributed by atoms with E-state index >= 15 is 0 Å². The van der Waals surface area contributed by atoms with E-state index in [0.29, 0.717) is 16.3 Å². The van der Waals surface area contributed by atoms with Crippen molar-refractivity contribution in [3.8, 4) is 21.8 Å². The fourth-order valence-electron chi connectivity index (χ4n) is 3.51. The van der Waals surface area contributed by atoms with Crippen LogP contribution in [-0.2, 0) is 9.53 Å². The molecule has 0 fully saturated rings. The molecule has 1 atom stereocenters. The topological polar surface area (TPSA) is 81.2 Å². The van der Waals surface area contributed by atoms with Gasteiger partial charge in [-0.2, -0.15) is 0 Å². The van der Waals surface area contributed by atoms with Crippen molar-refractivity contribution in [2.24, 2.45) is 0 Å². The SMILES string of the molecule is Cc1ccc(-c2csc(NC(=O)C(C)OC(=O)c3ccccc3-c3nc4ccccc4s3)n2)cc1. The summed E-state index contributed by atoms with van der Waals surface area (Å²) >= 11 is 2.83. The Morgan fingerprint density at radius 3 is 2.49 bits per heavy atom. The summed E-state index contributed by atoms with van der Waals surface area (Å²) in [5.41, 5.74) is 4.82. The zero-order valence-electron chi connectivity index (χ0n) is 19.0. The van der Waals surface area contributed by atoms with Crippen LogP contribution in [0.3, 0.4) is 0 Å². The molecule has 0 aliphatic carbocycles. The van der Waals surface area contributed by atoms with Crippen molar-refractivity contribution in [1.82, 2.24) is 9.97 Å². The molecule has 0 saturated carbocycles. The first-order valence-electron chi connectivity index (χ1n) is 11.0. The second-order valence-corrected chi connectivity index (χ2v) is 9.86. The standard InChI is InChI=1S/C27H21N3O3S2/c1-16-11-13-18(14-12-16)22-15-34-27(29-22)30-24(31)17(2)33-26(32)20-8-4-3-7-19(20)25-28-21-9-5-6-10-23(21)35-25/h3-15,17H,1-2H3,(H,29,30,31). The number of para-hydroxylation sites is 1. The fourth-order valence-corrected chi connectivity index (χ4v) is 5.24. The highest BCUT2D eigenvalue weighted by atomic mass is 32.1. The highest BCUT2D eigenvalue weighted by Gasteiger charge is 2.23. The molecular formula is C27H21N3O3S2. The van der Waals surface area contributed by atoms with Gasteiger partial charge in [0.2, 0.25) is 0 Å². The summed E-state index contributed by atoms with van der Waals surface area (Å²) in [6.07, 6.45) is -1.00. The minimum absolute atomic E-state index is 0.363. The summed E-state index contributed by atoms with van der Waals surface area (Å²) in [6, 6.07) is 23.0. The summed E-state index contributed by atoms with van der Waals surface area (Å²) in [7, 11) is 0. The zero-order valence-corrected chi connectivity index (χ0v) is 20.7. The van der Waals surface area contributed by atoms with Gasteiger partial charge in [-0.15, -0.1) is 22.7 Å². The number of esters is 1. The molecule has 1 N–H and O–H groups in total. The summed E-state index contributed by atoms with van der Waals surface area (Å²) < 4.78 is 6.55. The van der Waals surface area contributed by atoms with E-state index in [2.05, 4.69) is 15.3 Å². The number of hydrogen-bond acceptors (Lipinski definition) is 7. The maximum Gasteiger partial charge on any atom is 0.339 e. The minimum Gasteiger partial charge on any atom is -0.449 e. The Kier molecular flexibility index (Phi) is 6.39. The number of nitrogens with zero attached hydrogens (tertiary/aromatic N) is 2. The van der Waals surface area contributed by atoms with E-state index in [1.807, 2.05) is 73.0 Å². The molecule has 35 heavy (non-hydrogen) atoms. The number of aromatic nitrogens is 2. The van der Waals surface area contributed by atoms with E-state index in [9.17, 15) is 9.59 Å². The van der Waals surface area contributed by atoms with Crippen LogP contribution in [0.15, 0.2) is 78.2 Å².